The van der Waals surface area contributed by atoms with Crippen LogP contribution in [-0.2, 0) is 0 Å². The molecule has 0 spiro atoms. The summed E-state index contributed by atoms with van der Waals surface area (Å²) in [5.74, 6) is 0. The molecule has 0 bridgehead atoms. The first kappa shape index (κ1) is 9.46. The Balaban J connectivity index is 2.93. The van der Waals surface area contributed by atoms with Gasteiger partial charge in [0.05, 0.1) is 0 Å². The van der Waals surface area contributed by atoms with Gasteiger partial charge in [-0.2, -0.15) is 0 Å². The van der Waals surface area contributed by atoms with Gasteiger partial charge in [-0.05, 0) is 24.1 Å². The average molecular weight is 171 g/mol. The van der Waals surface area contributed by atoms with Crippen LogP contribution in [0.25, 0.3) is 12.2 Å². The number of hydrogen-bond acceptors (Lipinski definition) is 1. The Labute approximate surface area is 79.1 Å². The van der Waals surface area contributed by atoms with Gasteiger partial charge in [-0.3, -0.25) is 4.98 Å². The van der Waals surface area contributed by atoms with Gasteiger partial charge in [-0.15, -0.1) is 0 Å². The van der Waals surface area contributed by atoms with E-state index in [1.165, 1.54) is 0 Å². The van der Waals surface area contributed by atoms with Crippen LogP contribution in [0.4, 0.5) is 0 Å². The minimum atomic E-state index is 1.06. The minimum absolute atomic E-state index is 1.06. The number of pyridine rings is 1. The quantitative estimate of drug-likeness (QED) is 0.636. The average Bonchev–Trinajstić information content (AvgIpc) is 2.19. The zero-order chi connectivity index (χ0) is 9.52. The molecule has 13 heavy (non-hydrogen) atoms. The fourth-order valence-corrected chi connectivity index (χ4v) is 1.01. The van der Waals surface area contributed by atoms with Gasteiger partial charge in [0, 0.05) is 12.4 Å². The molecule has 1 nitrogen and oxygen atoms in total. The van der Waals surface area contributed by atoms with Crippen LogP contribution < -0.4 is 0 Å². The van der Waals surface area contributed by atoms with Crippen molar-refractivity contribution in [2.45, 2.75) is 6.92 Å². The molecule has 0 saturated heterocycles. The highest BCUT2D eigenvalue weighted by molar-refractivity contribution is 5.63. The third-order valence-electron chi connectivity index (χ3n) is 1.69. The molecule has 0 amide bonds. The van der Waals surface area contributed by atoms with Crippen molar-refractivity contribution < 1.29 is 0 Å². The Morgan fingerprint density at radius 1 is 1.31 bits per heavy atom. The molecule has 0 aliphatic carbocycles. The second kappa shape index (κ2) is 5.09. The summed E-state index contributed by atoms with van der Waals surface area (Å²) in [5, 5.41) is 0. The van der Waals surface area contributed by atoms with E-state index >= 15 is 0 Å². The van der Waals surface area contributed by atoms with E-state index in [4.69, 9.17) is 0 Å². The van der Waals surface area contributed by atoms with Crippen molar-refractivity contribution in [3.8, 4) is 0 Å². The summed E-state index contributed by atoms with van der Waals surface area (Å²) in [6, 6.07) is 1.97. The molecule has 1 heteroatoms. The monoisotopic (exact) mass is 171 g/mol. The zero-order valence-electron chi connectivity index (χ0n) is 7.77. The second-order valence-electron chi connectivity index (χ2n) is 2.59. The summed E-state index contributed by atoms with van der Waals surface area (Å²) in [7, 11) is 0. The van der Waals surface area contributed by atoms with Crippen molar-refractivity contribution in [3.63, 3.8) is 0 Å². The van der Waals surface area contributed by atoms with Gasteiger partial charge in [0.25, 0.3) is 0 Å². The summed E-state index contributed by atoms with van der Waals surface area (Å²) >= 11 is 0. The smallest absolute Gasteiger partial charge is 0.0346 e. The van der Waals surface area contributed by atoms with Crippen molar-refractivity contribution in [1.82, 2.24) is 4.98 Å². The molecule has 0 N–H and O–H groups in total. The maximum absolute atomic E-state index is 4.02. The highest BCUT2D eigenvalue weighted by Crippen LogP contribution is 2.09. The first-order chi connectivity index (χ1) is 6.38. The van der Waals surface area contributed by atoms with Crippen molar-refractivity contribution in [1.29, 1.82) is 0 Å². The summed E-state index contributed by atoms with van der Waals surface area (Å²) in [6.07, 6.45) is 13.4. The largest absolute Gasteiger partial charge is 0.264 e. The number of rotatable bonds is 3. The van der Waals surface area contributed by atoms with Crippen LogP contribution in [-0.4, -0.2) is 4.98 Å². The molecule has 0 atom stereocenters. The highest BCUT2D eigenvalue weighted by Gasteiger charge is 1.91. The molecular formula is C12H13N. The second-order valence-corrected chi connectivity index (χ2v) is 2.59. The molecule has 0 unspecified atom stereocenters. The van der Waals surface area contributed by atoms with E-state index in [1.807, 2.05) is 49.6 Å². The minimum Gasteiger partial charge on any atom is -0.264 e. The van der Waals surface area contributed by atoms with Gasteiger partial charge >= 0.3 is 0 Å². The predicted molar refractivity (Wildman–Crippen MR) is 58.2 cm³/mol. The van der Waals surface area contributed by atoms with Gasteiger partial charge in [-0.25, -0.2) is 0 Å². The Morgan fingerprint density at radius 3 is 2.85 bits per heavy atom. The maximum Gasteiger partial charge on any atom is 0.0346 e. The van der Waals surface area contributed by atoms with E-state index in [1.54, 1.807) is 6.20 Å². The molecule has 66 valence electrons. The van der Waals surface area contributed by atoms with Crippen LogP contribution in [0, 0.1) is 0 Å². The number of nitrogens with zero attached hydrogens (tertiary/aromatic N) is 1. The number of allylic oxidation sites excluding steroid dienone is 3. The summed E-state index contributed by atoms with van der Waals surface area (Å²) in [6.45, 7) is 5.72. The summed E-state index contributed by atoms with van der Waals surface area (Å²) in [5.41, 5.74) is 2.20. The van der Waals surface area contributed by atoms with Gasteiger partial charge in [0.15, 0.2) is 0 Å². The van der Waals surface area contributed by atoms with Crippen molar-refractivity contribution in [3.05, 3.63) is 54.4 Å². The summed E-state index contributed by atoms with van der Waals surface area (Å²) in [4.78, 5) is 4.02. The number of aromatic nitrogens is 1. The molecule has 0 aromatic carbocycles. The van der Waals surface area contributed by atoms with Crippen molar-refractivity contribution in [2.75, 3.05) is 0 Å². The lowest BCUT2D eigenvalue weighted by Gasteiger charge is -1.97. The molecular weight excluding hydrogens is 158 g/mol. The first-order valence-electron chi connectivity index (χ1n) is 4.24. The Bertz CT molecular complexity index is 335. The lowest BCUT2D eigenvalue weighted by atomic mass is 10.1. The van der Waals surface area contributed by atoms with Gasteiger partial charge in [0.2, 0.25) is 0 Å². The van der Waals surface area contributed by atoms with Crippen LogP contribution in [0.15, 0.2) is 43.3 Å². The van der Waals surface area contributed by atoms with E-state index in [9.17, 15) is 0 Å². The SMILES string of the molecule is C=Cc1cnccc1/C=C\C=C/C. The Kier molecular flexibility index (Phi) is 3.71. The Morgan fingerprint density at radius 2 is 2.15 bits per heavy atom. The van der Waals surface area contributed by atoms with E-state index in [-0.39, 0.29) is 0 Å². The van der Waals surface area contributed by atoms with Crippen LogP contribution in [0.3, 0.4) is 0 Å². The van der Waals surface area contributed by atoms with E-state index < -0.39 is 0 Å². The zero-order valence-corrected chi connectivity index (χ0v) is 7.77. The van der Waals surface area contributed by atoms with Crippen LogP contribution in [0.1, 0.15) is 18.1 Å². The molecule has 0 aliphatic rings. The van der Waals surface area contributed by atoms with Gasteiger partial charge < -0.3 is 0 Å². The fraction of sp³-hybridized carbons (Fsp3) is 0.0833. The van der Waals surface area contributed by atoms with Crippen LogP contribution >= 0.6 is 0 Å². The topological polar surface area (TPSA) is 12.9 Å². The molecule has 0 fully saturated rings. The van der Waals surface area contributed by atoms with Crippen LogP contribution in [0.5, 0.6) is 0 Å². The number of hydrogen-bond donors (Lipinski definition) is 0. The first-order valence-corrected chi connectivity index (χ1v) is 4.24. The lowest BCUT2D eigenvalue weighted by Crippen LogP contribution is -1.80. The molecule has 0 aliphatic heterocycles. The highest BCUT2D eigenvalue weighted by atomic mass is 14.6. The molecule has 1 rings (SSSR count). The summed E-state index contributed by atoms with van der Waals surface area (Å²) < 4.78 is 0. The van der Waals surface area contributed by atoms with E-state index in [0.717, 1.165) is 11.1 Å². The van der Waals surface area contributed by atoms with E-state index in [2.05, 4.69) is 11.6 Å². The third-order valence-corrected chi connectivity index (χ3v) is 1.69. The third kappa shape index (κ3) is 2.71. The predicted octanol–water partition coefficient (Wildman–Crippen LogP) is 3.31. The Hall–Kier alpha value is -1.63. The van der Waals surface area contributed by atoms with Crippen molar-refractivity contribution in [2.24, 2.45) is 0 Å². The standard InChI is InChI=1S/C12H13N/c1-3-5-6-7-12-8-9-13-10-11(12)4-2/h3-10H,2H2,1H3/b5-3-,7-6-. The molecule has 1 heterocycles. The van der Waals surface area contributed by atoms with E-state index in [0.29, 0.717) is 0 Å². The molecule has 0 radical (unpaired) electrons. The maximum atomic E-state index is 4.02. The molecule has 1 aromatic rings. The van der Waals surface area contributed by atoms with Crippen LogP contribution in [0.2, 0.25) is 0 Å². The van der Waals surface area contributed by atoms with Gasteiger partial charge in [0.1, 0.15) is 0 Å². The van der Waals surface area contributed by atoms with Crippen molar-refractivity contribution >= 4 is 12.2 Å². The fourth-order valence-electron chi connectivity index (χ4n) is 1.01. The van der Waals surface area contributed by atoms with Gasteiger partial charge in [-0.1, -0.05) is 37.0 Å². The molecule has 0 saturated carbocycles. The molecule has 1 aromatic heterocycles. The normalized spacial score (nSPS) is 11.2. The lowest BCUT2D eigenvalue weighted by molar-refractivity contribution is 1.31.